The van der Waals surface area contributed by atoms with Crippen LogP contribution < -0.4 is 5.32 Å². The van der Waals surface area contributed by atoms with E-state index in [2.05, 4.69) is 20.4 Å². The van der Waals surface area contributed by atoms with Gasteiger partial charge in [-0.25, -0.2) is 9.67 Å². The maximum Gasteiger partial charge on any atom is 0.226 e. The van der Waals surface area contributed by atoms with Crippen LogP contribution in [0.15, 0.2) is 24.5 Å². The Morgan fingerprint density at radius 1 is 1.47 bits per heavy atom. The molecule has 2 aromatic rings. The number of anilines is 1. The summed E-state index contributed by atoms with van der Waals surface area (Å²) in [6.45, 7) is 5.67. The fraction of sp³-hybridized carbons (Fsp3) is 0.385. The first-order valence-electron chi connectivity index (χ1n) is 6.16. The predicted molar refractivity (Wildman–Crippen MR) is 71.7 cm³/mol. The molecule has 0 aliphatic heterocycles. The van der Waals surface area contributed by atoms with Gasteiger partial charge in [0.1, 0.15) is 11.6 Å². The minimum atomic E-state index is -0.0620. The van der Waals surface area contributed by atoms with Crippen LogP contribution in [0, 0.1) is 13.8 Å². The normalized spacial score (nSPS) is 12.2. The molecule has 0 saturated heterocycles. The topological polar surface area (TPSA) is 72.7 Å². The van der Waals surface area contributed by atoms with Gasteiger partial charge in [-0.05, 0) is 32.9 Å². The van der Waals surface area contributed by atoms with Gasteiger partial charge in [0.2, 0.25) is 5.91 Å². The molecular formula is C13H17N5O. The Morgan fingerprint density at radius 2 is 2.26 bits per heavy atom. The highest BCUT2D eigenvalue weighted by Crippen LogP contribution is 2.13. The number of hydrogen-bond acceptors (Lipinski definition) is 4. The van der Waals surface area contributed by atoms with Crippen molar-refractivity contribution in [1.82, 2.24) is 19.7 Å². The molecule has 0 aromatic carbocycles. The van der Waals surface area contributed by atoms with Gasteiger partial charge >= 0.3 is 0 Å². The molecule has 2 aromatic heterocycles. The van der Waals surface area contributed by atoms with E-state index in [0.717, 1.165) is 11.6 Å². The lowest BCUT2D eigenvalue weighted by Crippen LogP contribution is -2.19. The van der Waals surface area contributed by atoms with Crippen molar-refractivity contribution in [3.63, 3.8) is 0 Å². The van der Waals surface area contributed by atoms with Gasteiger partial charge < -0.3 is 5.32 Å². The molecule has 0 spiro atoms. The monoisotopic (exact) mass is 259 g/mol. The fourth-order valence-corrected chi connectivity index (χ4v) is 1.96. The number of aromatic nitrogens is 4. The van der Waals surface area contributed by atoms with Crippen LogP contribution >= 0.6 is 0 Å². The quantitative estimate of drug-likeness (QED) is 0.909. The Bertz CT molecular complexity index is 564. The second-order valence-corrected chi connectivity index (χ2v) is 4.49. The average Bonchev–Trinajstić information content (AvgIpc) is 2.69. The first-order valence-corrected chi connectivity index (χ1v) is 6.16. The van der Waals surface area contributed by atoms with Crippen molar-refractivity contribution in [2.24, 2.45) is 0 Å². The smallest absolute Gasteiger partial charge is 0.226 e. The van der Waals surface area contributed by atoms with Crippen molar-refractivity contribution in [3.05, 3.63) is 36.2 Å². The van der Waals surface area contributed by atoms with E-state index in [1.54, 1.807) is 29.2 Å². The van der Waals surface area contributed by atoms with E-state index in [9.17, 15) is 4.79 Å². The third kappa shape index (κ3) is 3.37. The molecule has 19 heavy (non-hydrogen) atoms. The van der Waals surface area contributed by atoms with Crippen LogP contribution in [0.4, 0.5) is 5.69 Å². The van der Waals surface area contributed by atoms with Gasteiger partial charge in [0.05, 0.1) is 17.9 Å². The van der Waals surface area contributed by atoms with Crippen molar-refractivity contribution in [1.29, 1.82) is 0 Å². The molecule has 6 nitrogen and oxygen atoms in total. The Labute approximate surface area is 111 Å². The first-order chi connectivity index (χ1) is 9.06. The van der Waals surface area contributed by atoms with Crippen LogP contribution in [0.1, 0.15) is 31.0 Å². The summed E-state index contributed by atoms with van der Waals surface area (Å²) in [7, 11) is 0. The van der Waals surface area contributed by atoms with E-state index in [1.807, 2.05) is 20.8 Å². The zero-order valence-corrected chi connectivity index (χ0v) is 11.3. The Balaban J connectivity index is 1.97. The van der Waals surface area contributed by atoms with Crippen LogP contribution in [0.2, 0.25) is 0 Å². The van der Waals surface area contributed by atoms with Gasteiger partial charge in [-0.3, -0.25) is 9.78 Å². The number of carbonyl (C=O) groups is 1. The van der Waals surface area contributed by atoms with Crippen LogP contribution in [0.3, 0.4) is 0 Å². The maximum atomic E-state index is 11.9. The zero-order valence-electron chi connectivity index (χ0n) is 11.3. The summed E-state index contributed by atoms with van der Waals surface area (Å²) in [5.74, 6) is 1.48. The molecule has 0 aliphatic rings. The molecular weight excluding hydrogens is 242 g/mol. The average molecular weight is 259 g/mol. The van der Waals surface area contributed by atoms with E-state index in [0.29, 0.717) is 12.1 Å². The number of rotatable bonds is 4. The lowest BCUT2D eigenvalue weighted by Gasteiger charge is -2.13. The third-order valence-corrected chi connectivity index (χ3v) is 2.75. The molecule has 2 rings (SSSR count). The number of hydrogen-bond donors (Lipinski definition) is 1. The van der Waals surface area contributed by atoms with Gasteiger partial charge in [0.15, 0.2) is 0 Å². The Morgan fingerprint density at radius 3 is 2.84 bits per heavy atom. The van der Waals surface area contributed by atoms with Crippen LogP contribution in [-0.2, 0) is 4.79 Å². The molecule has 100 valence electrons. The van der Waals surface area contributed by atoms with E-state index in [1.165, 1.54) is 0 Å². The first kappa shape index (κ1) is 13.2. The predicted octanol–water partition coefficient (Wildman–Crippen LogP) is 1.88. The van der Waals surface area contributed by atoms with Crippen molar-refractivity contribution in [2.75, 3.05) is 5.32 Å². The molecule has 0 saturated carbocycles. The van der Waals surface area contributed by atoms with E-state index >= 15 is 0 Å². The molecule has 6 heteroatoms. The lowest BCUT2D eigenvalue weighted by atomic mass is 10.2. The highest BCUT2D eigenvalue weighted by Gasteiger charge is 2.14. The summed E-state index contributed by atoms with van der Waals surface area (Å²) >= 11 is 0. The van der Waals surface area contributed by atoms with Gasteiger partial charge in [-0.2, -0.15) is 5.10 Å². The maximum absolute atomic E-state index is 11.9. The number of carbonyl (C=O) groups excluding carboxylic acids is 1. The lowest BCUT2D eigenvalue weighted by molar-refractivity contribution is -0.116. The third-order valence-electron chi connectivity index (χ3n) is 2.75. The number of nitrogens with zero attached hydrogens (tertiary/aromatic N) is 4. The second kappa shape index (κ2) is 5.60. The molecule has 1 atom stereocenters. The van der Waals surface area contributed by atoms with Crippen molar-refractivity contribution in [2.45, 2.75) is 33.2 Å². The van der Waals surface area contributed by atoms with E-state index in [-0.39, 0.29) is 11.9 Å². The summed E-state index contributed by atoms with van der Waals surface area (Å²) in [6.07, 6.45) is 3.63. The minimum Gasteiger partial charge on any atom is -0.325 e. The summed E-state index contributed by atoms with van der Waals surface area (Å²) in [4.78, 5) is 20.1. The van der Waals surface area contributed by atoms with E-state index in [4.69, 9.17) is 0 Å². The molecule has 0 aliphatic carbocycles. The van der Waals surface area contributed by atoms with Gasteiger partial charge in [0.25, 0.3) is 0 Å². The number of pyridine rings is 1. The number of amides is 1. The largest absolute Gasteiger partial charge is 0.325 e. The fourth-order valence-electron chi connectivity index (χ4n) is 1.96. The molecule has 1 N–H and O–H groups in total. The summed E-state index contributed by atoms with van der Waals surface area (Å²) in [6, 6.07) is 3.56. The zero-order chi connectivity index (χ0) is 13.8. The summed E-state index contributed by atoms with van der Waals surface area (Å²) < 4.78 is 1.78. The molecule has 0 radical (unpaired) electrons. The van der Waals surface area contributed by atoms with Crippen LogP contribution in [0.5, 0.6) is 0 Å². The van der Waals surface area contributed by atoms with Gasteiger partial charge in [-0.15, -0.1) is 0 Å². The number of aryl methyl sites for hydroxylation is 2. The summed E-state index contributed by atoms with van der Waals surface area (Å²) in [5, 5.41) is 7.09. The van der Waals surface area contributed by atoms with Crippen LogP contribution in [-0.4, -0.2) is 25.7 Å². The summed E-state index contributed by atoms with van der Waals surface area (Å²) in [5.41, 5.74) is 0.700. The van der Waals surface area contributed by atoms with Gasteiger partial charge in [0, 0.05) is 12.6 Å². The standard InChI is InChI=1S/C13H17N5O/c1-9(18-11(3)15-10(2)17-18)7-13(19)16-12-5-4-6-14-8-12/h4-6,8-9H,7H2,1-3H3,(H,16,19)/t9-/m1/s1. The second-order valence-electron chi connectivity index (χ2n) is 4.49. The molecule has 0 fully saturated rings. The molecule has 2 heterocycles. The SMILES string of the molecule is Cc1nc(C)n([C@H](C)CC(=O)Nc2cccnc2)n1. The molecule has 1 amide bonds. The van der Waals surface area contributed by atoms with Gasteiger partial charge in [-0.1, -0.05) is 0 Å². The molecule has 0 bridgehead atoms. The van der Waals surface area contributed by atoms with Crippen molar-refractivity contribution in [3.8, 4) is 0 Å². The van der Waals surface area contributed by atoms with E-state index < -0.39 is 0 Å². The van der Waals surface area contributed by atoms with Crippen molar-refractivity contribution >= 4 is 11.6 Å². The highest BCUT2D eigenvalue weighted by atomic mass is 16.1. The minimum absolute atomic E-state index is 0.0297. The van der Waals surface area contributed by atoms with Crippen LogP contribution in [0.25, 0.3) is 0 Å². The highest BCUT2D eigenvalue weighted by molar-refractivity contribution is 5.90. The Kier molecular flexibility index (Phi) is 3.89. The van der Waals surface area contributed by atoms with Crippen molar-refractivity contribution < 1.29 is 4.79 Å². The Hall–Kier alpha value is -2.24. The molecule has 0 unspecified atom stereocenters. The number of nitrogens with one attached hydrogen (secondary N) is 1.